The number of carbonyl (C=O) groups is 1. The minimum Gasteiger partial charge on any atom is -0.387 e. The third-order valence-corrected chi connectivity index (χ3v) is 3.51. The molecule has 0 heterocycles. The van der Waals surface area contributed by atoms with E-state index in [-0.39, 0.29) is 12.6 Å². The molecule has 1 unspecified atom stereocenters. The zero-order chi connectivity index (χ0) is 16.7. The fourth-order valence-corrected chi connectivity index (χ4v) is 2.26. The first-order valence-electron chi connectivity index (χ1n) is 7.34. The van der Waals surface area contributed by atoms with E-state index in [1.165, 1.54) is 0 Å². The average Bonchev–Trinajstić information content (AvgIpc) is 2.58. The first-order valence-corrected chi connectivity index (χ1v) is 7.34. The number of carbonyl (C=O) groups excluding carboxylic acids is 1. The summed E-state index contributed by atoms with van der Waals surface area (Å²) in [7, 11) is 0. The van der Waals surface area contributed by atoms with Gasteiger partial charge < -0.3 is 15.7 Å². The van der Waals surface area contributed by atoms with Gasteiger partial charge in [0.25, 0.3) is 0 Å². The molecule has 0 bridgehead atoms. The number of aliphatic hydroxyl groups excluding tert-OH is 1. The average molecular weight is 309 g/mol. The molecule has 0 aliphatic rings. The smallest absolute Gasteiger partial charge is 0.315 e. The highest BCUT2D eigenvalue weighted by Gasteiger charge is 2.11. The lowest BCUT2D eigenvalue weighted by Gasteiger charge is -2.15. The minimum atomic E-state index is -0.746. The van der Waals surface area contributed by atoms with Gasteiger partial charge in [-0.3, -0.25) is 0 Å². The maximum atomic E-state index is 11.8. The maximum absolute atomic E-state index is 11.8. The zero-order valence-electron chi connectivity index (χ0n) is 12.9. The van der Waals surface area contributed by atoms with Crippen LogP contribution in [0.25, 0.3) is 0 Å². The molecule has 23 heavy (non-hydrogen) atoms. The Morgan fingerprint density at radius 2 is 2.00 bits per heavy atom. The Kier molecular flexibility index (Phi) is 5.73. The van der Waals surface area contributed by atoms with E-state index in [0.717, 1.165) is 16.7 Å². The Hall–Kier alpha value is -2.84. The number of aryl methyl sites for hydroxylation is 1. The van der Waals surface area contributed by atoms with Gasteiger partial charge in [0.05, 0.1) is 17.7 Å². The molecule has 0 fully saturated rings. The minimum absolute atomic E-state index is 0.134. The second-order valence-electron chi connectivity index (χ2n) is 5.25. The summed E-state index contributed by atoms with van der Waals surface area (Å²) in [5.41, 5.74) is 3.18. The summed E-state index contributed by atoms with van der Waals surface area (Å²) in [5.74, 6) is 0. The molecule has 3 N–H and O–H groups in total. The van der Waals surface area contributed by atoms with Gasteiger partial charge in [-0.1, -0.05) is 36.4 Å². The molecule has 5 nitrogen and oxygen atoms in total. The van der Waals surface area contributed by atoms with Crippen molar-refractivity contribution in [2.24, 2.45) is 0 Å². The Balaban J connectivity index is 1.81. The lowest BCUT2D eigenvalue weighted by molar-refractivity contribution is 0.172. The van der Waals surface area contributed by atoms with Gasteiger partial charge >= 0.3 is 6.03 Å². The molecular formula is C18H19N3O2. The van der Waals surface area contributed by atoms with Crippen molar-refractivity contribution in [1.82, 2.24) is 10.6 Å². The number of rotatable bonds is 5. The molecule has 5 heteroatoms. The number of nitrogens with zero attached hydrogens (tertiary/aromatic N) is 1. The zero-order valence-corrected chi connectivity index (χ0v) is 12.9. The van der Waals surface area contributed by atoms with Crippen molar-refractivity contribution in [1.29, 1.82) is 5.26 Å². The Morgan fingerprint density at radius 1 is 1.22 bits per heavy atom. The van der Waals surface area contributed by atoms with Crippen LogP contribution in [0.1, 0.15) is 28.4 Å². The fraction of sp³-hybridized carbons (Fsp3) is 0.222. The molecule has 118 valence electrons. The van der Waals surface area contributed by atoms with E-state index in [1.807, 2.05) is 37.3 Å². The monoisotopic (exact) mass is 309 g/mol. The highest BCUT2D eigenvalue weighted by molar-refractivity contribution is 5.73. The van der Waals surface area contributed by atoms with Gasteiger partial charge in [-0.05, 0) is 35.7 Å². The molecule has 0 saturated carbocycles. The summed E-state index contributed by atoms with van der Waals surface area (Å²) in [5, 5.41) is 24.3. The van der Waals surface area contributed by atoms with Crippen LogP contribution in [0.4, 0.5) is 4.79 Å². The maximum Gasteiger partial charge on any atom is 0.315 e. The first-order chi connectivity index (χ1) is 11.1. The molecule has 0 radical (unpaired) electrons. The van der Waals surface area contributed by atoms with Crippen molar-refractivity contribution in [2.75, 3.05) is 6.54 Å². The Bertz CT molecular complexity index is 722. The molecule has 2 aromatic carbocycles. The summed E-state index contributed by atoms with van der Waals surface area (Å²) >= 11 is 0. The normalized spacial score (nSPS) is 11.3. The second kappa shape index (κ2) is 7.97. The quantitative estimate of drug-likeness (QED) is 0.793. The van der Waals surface area contributed by atoms with Crippen LogP contribution in [0, 0.1) is 18.3 Å². The molecule has 0 aliphatic carbocycles. The lowest BCUT2D eigenvalue weighted by Crippen LogP contribution is -2.37. The topological polar surface area (TPSA) is 85.2 Å². The van der Waals surface area contributed by atoms with Crippen molar-refractivity contribution in [3.8, 4) is 6.07 Å². The number of nitrogens with one attached hydrogen (secondary N) is 2. The van der Waals surface area contributed by atoms with E-state index in [0.29, 0.717) is 12.1 Å². The van der Waals surface area contributed by atoms with E-state index in [1.54, 1.807) is 18.2 Å². The van der Waals surface area contributed by atoms with E-state index >= 15 is 0 Å². The number of urea groups is 1. The molecule has 1 atom stereocenters. The van der Waals surface area contributed by atoms with E-state index < -0.39 is 6.10 Å². The summed E-state index contributed by atoms with van der Waals surface area (Å²) in [6.45, 7) is 2.37. The second-order valence-corrected chi connectivity index (χ2v) is 5.25. The SMILES string of the molecule is Cc1ccccc1C(O)CNC(=O)NCc1cccc(C#N)c1. The van der Waals surface area contributed by atoms with Gasteiger partial charge in [0, 0.05) is 13.1 Å². The number of aliphatic hydroxyl groups is 1. The standard InChI is InChI=1S/C18H19N3O2/c1-13-5-2-3-8-16(13)17(22)12-21-18(23)20-11-15-7-4-6-14(9-15)10-19/h2-9,17,22H,11-12H2,1H3,(H2,20,21,23). The Morgan fingerprint density at radius 3 is 2.74 bits per heavy atom. The van der Waals surface area contributed by atoms with Crippen molar-refractivity contribution in [2.45, 2.75) is 19.6 Å². The van der Waals surface area contributed by atoms with Gasteiger partial charge in [0.1, 0.15) is 0 Å². The van der Waals surface area contributed by atoms with Crippen molar-refractivity contribution in [3.05, 3.63) is 70.8 Å². The predicted octanol–water partition coefficient (Wildman–Crippen LogP) is 2.40. The Labute approximate surface area is 135 Å². The largest absolute Gasteiger partial charge is 0.387 e. The van der Waals surface area contributed by atoms with Crippen LogP contribution in [0.3, 0.4) is 0 Å². The molecule has 2 aromatic rings. The van der Waals surface area contributed by atoms with Crippen molar-refractivity contribution in [3.63, 3.8) is 0 Å². The van der Waals surface area contributed by atoms with Crippen molar-refractivity contribution >= 4 is 6.03 Å². The van der Waals surface area contributed by atoms with E-state index in [9.17, 15) is 9.90 Å². The summed E-state index contributed by atoms with van der Waals surface area (Å²) in [6, 6.07) is 16.3. The third kappa shape index (κ3) is 4.83. The van der Waals surface area contributed by atoms with Gasteiger partial charge in [0.15, 0.2) is 0 Å². The first kappa shape index (κ1) is 16.5. The molecule has 0 spiro atoms. The molecule has 0 aliphatic heterocycles. The van der Waals surface area contributed by atoms with Crippen LogP contribution in [0.15, 0.2) is 48.5 Å². The van der Waals surface area contributed by atoms with Gasteiger partial charge in [-0.25, -0.2) is 4.79 Å². The van der Waals surface area contributed by atoms with Crippen LogP contribution >= 0.6 is 0 Å². The third-order valence-electron chi connectivity index (χ3n) is 3.51. The summed E-state index contributed by atoms with van der Waals surface area (Å²) in [6.07, 6.45) is -0.746. The van der Waals surface area contributed by atoms with E-state index in [4.69, 9.17) is 5.26 Å². The van der Waals surface area contributed by atoms with Crippen molar-refractivity contribution < 1.29 is 9.90 Å². The fourth-order valence-electron chi connectivity index (χ4n) is 2.26. The molecule has 0 aromatic heterocycles. The lowest BCUT2D eigenvalue weighted by atomic mass is 10.0. The number of nitriles is 1. The van der Waals surface area contributed by atoms with Crippen LogP contribution < -0.4 is 10.6 Å². The summed E-state index contributed by atoms with van der Waals surface area (Å²) < 4.78 is 0. The molecular weight excluding hydrogens is 290 g/mol. The van der Waals surface area contributed by atoms with Crippen LogP contribution in [0.5, 0.6) is 0 Å². The molecule has 2 rings (SSSR count). The molecule has 0 saturated heterocycles. The predicted molar refractivity (Wildman–Crippen MR) is 87.5 cm³/mol. The number of benzene rings is 2. The number of hydrogen-bond acceptors (Lipinski definition) is 3. The van der Waals surface area contributed by atoms with E-state index in [2.05, 4.69) is 16.7 Å². The van der Waals surface area contributed by atoms with Gasteiger partial charge in [0.2, 0.25) is 0 Å². The van der Waals surface area contributed by atoms with Crippen LogP contribution in [-0.2, 0) is 6.54 Å². The van der Waals surface area contributed by atoms with Gasteiger partial charge in [-0.15, -0.1) is 0 Å². The van der Waals surface area contributed by atoms with Crippen LogP contribution in [-0.4, -0.2) is 17.7 Å². The molecule has 2 amide bonds. The number of amides is 2. The summed E-state index contributed by atoms with van der Waals surface area (Å²) in [4.78, 5) is 11.8. The highest BCUT2D eigenvalue weighted by atomic mass is 16.3. The van der Waals surface area contributed by atoms with Crippen LogP contribution in [0.2, 0.25) is 0 Å². The van der Waals surface area contributed by atoms with Gasteiger partial charge in [-0.2, -0.15) is 5.26 Å². The number of hydrogen-bond donors (Lipinski definition) is 3. The highest BCUT2D eigenvalue weighted by Crippen LogP contribution is 2.16.